The van der Waals surface area contributed by atoms with Crippen LogP contribution in [0.3, 0.4) is 0 Å². The Morgan fingerprint density at radius 3 is 2.69 bits per heavy atom. The molecule has 0 aromatic rings. The molecule has 3 fully saturated rings. The molecule has 3 saturated carbocycles. The average molecular weight is 467 g/mol. The summed E-state index contributed by atoms with van der Waals surface area (Å²) in [4.78, 5) is 37.5. The number of allylic oxidation sites excluding steroid dienone is 4. The normalized spacial score (nSPS) is 42.3. The molecule has 4 rings (SSSR count). The summed E-state index contributed by atoms with van der Waals surface area (Å²) in [5, 5.41) is 11.5. The number of fused-ring (bicyclic) bond motifs is 5. The summed E-state index contributed by atoms with van der Waals surface area (Å²) in [6, 6.07) is -0.354. The van der Waals surface area contributed by atoms with Crippen LogP contribution in [0.4, 0.5) is 4.79 Å². The third-order valence-electron chi connectivity index (χ3n) is 8.65. The van der Waals surface area contributed by atoms with Crippen molar-refractivity contribution >= 4 is 29.5 Å². The van der Waals surface area contributed by atoms with Gasteiger partial charge in [0.1, 0.15) is 0 Å². The minimum Gasteiger partial charge on any atom is -0.446 e. The number of aliphatic hydroxyl groups is 1. The number of hydrogen-bond donors (Lipinski definition) is 1. The minimum absolute atomic E-state index is 0.0161. The lowest BCUT2D eigenvalue weighted by Crippen LogP contribution is -2.62. The second kappa shape index (κ2) is 8.17. The molecular formula is C24H31ClO7. The molecule has 1 N–H and O–H groups in total. The molecule has 0 aromatic heterocycles. The number of halogens is 1. The van der Waals surface area contributed by atoms with Gasteiger partial charge < -0.3 is 19.3 Å². The first-order chi connectivity index (χ1) is 15.1. The van der Waals surface area contributed by atoms with Crippen molar-refractivity contribution in [2.24, 2.45) is 28.6 Å². The Bertz CT molecular complexity index is 882. The second-order valence-electron chi connectivity index (χ2n) is 9.90. The molecule has 0 radical (unpaired) electrons. The predicted octanol–water partition coefficient (Wildman–Crippen LogP) is 3.92. The minimum atomic E-state index is -1.57. The van der Waals surface area contributed by atoms with Gasteiger partial charge in [0, 0.05) is 16.7 Å². The molecule has 176 valence electrons. The fourth-order valence-electron chi connectivity index (χ4n) is 7.31. The number of carbonyl (C=O) groups excluding carboxylic acids is 3. The summed E-state index contributed by atoms with van der Waals surface area (Å²) >= 11 is 5.70. The van der Waals surface area contributed by atoms with Crippen molar-refractivity contribution in [2.45, 2.75) is 64.6 Å². The van der Waals surface area contributed by atoms with Crippen molar-refractivity contribution in [3.8, 4) is 0 Å². The van der Waals surface area contributed by atoms with Gasteiger partial charge >= 0.3 is 12.1 Å². The Morgan fingerprint density at radius 2 is 2.00 bits per heavy atom. The topological polar surface area (TPSA) is 99.1 Å². The first kappa shape index (κ1) is 23.3. The van der Waals surface area contributed by atoms with Crippen LogP contribution >= 0.6 is 11.6 Å². The van der Waals surface area contributed by atoms with E-state index in [4.69, 9.17) is 25.8 Å². The van der Waals surface area contributed by atoms with E-state index in [1.165, 1.54) is 0 Å². The quantitative estimate of drug-likeness (QED) is 0.495. The van der Waals surface area contributed by atoms with Crippen molar-refractivity contribution in [1.82, 2.24) is 0 Å². The van der Waals surface area contributed by atoms with Gasteiger partial charge in [-0.15, -0.1) is 0 Å². The van der Waals surface area contributed by atoms with Gasteiger partial charge in [-0.1, -0.05) is 37.1 Å². The van der Waals surface area contributed by atoms with Gasteiger partial charge in [-0.3, -0.25) is 4.79 Å². The standard InChI is InChI=1S/C24H31ClO7/c1-4-30-21(29)32-24(20(28)31-13-25)10-8-17-16-6-5-14-11-15(26)7-9-22(14,2)19(16)18(27)12-23(17,24)3/h7,9,11,16-19,27H,4-6,8,10,12-13H2,1-3H3/t16-,17?,18?,19?,22-,23-,24-/m0/s1. The molecule has 0 amide bonds. The maximum absolute atomic E-state index is 13.2. The Balaban J connectivity index is 1.73. The van der Waals surface area contributed by atoms with E-state index in [9.17, 15) is 19.5 Å². The molecule has 8 heteroatoms. The average Bonchev–Trinajstić information content (AvgIpc) is 3.01. The van der Waals surface area contributed by atoms with E-state index >= 15 is 0 Å². The van der Waals surface area contributed by atoms with Crippen molar-refractivity contribution < 1.29 is 33.7 Å². The Morgan fingerprint density at radius 1 is 1.25 bits per heavy atom. The molecule has 4 aliphatic rings. The molecule has 0 aliphatic heterocycles. The maximum Gasteiger partial charge on any atom is 0.509 e. The highest BCUT2D eigenvalue weighted by molar-refractivity contribution is 6.17. The number of ketones is 1. The van der Waals surface area contributed by atoms with Crippen LogP contribution in [0.5, 0.6) is 0 Å². The lowest BCUT2D eigenvalue weighted by Gasteiger charge is -2.59. The summed E-state index contributed by atoms with van der Waals surface area (Å²) in [6.45, 7) is 5.77. The van der Waals surface area contributed by atoms with Crippen LogP contribution in [0.1, 0.15) is 52.9 Å². The summed E-state index contributed by atoms with van der Waals surface area (Å²) < 4.78 is 15.9. The highest BCUT2D eigenvalue weighted by atomic mass is 35.5. The maximum atomic E-state index is 13.2. The van der Waals surface area contributed by atoms with Crippen LogP contribution in [-0.2, 0) is 23.8 Å². The number of hydrogen-bond acceptors (Lipinski definition) is 7. The molecular weight excluding hydrogens is 436 g/mol. The predicted molar refractivity (Wildman–Crippen MR) is 116 cm³/mol. The number of esters is 1. The van der Waals surface area contributed by atoms with E-state index in [1.54, 1.807) is 19.1 Å². The van der Waals surface area contributed by atoms with E-state index in [0.717, 1.165) is 18.4 Å². The van der Waals surface area contributed by atoms with Gasteiger partial charge in [0.15, 0.2) is 11.8 Å². The SMILES string of the molecule is CCOC(=O)O[C@]1(C(=O)OCCl)CCC2[C@@H]3CCC4=CC(=O)C=C[C@]4(C)C3C(O)C[C@@]21C. The molecule has 0 aromatic carbocycles. The molecule has 32 heavy (non-hydrogen) atoms. The molecule has 4 aliphatic carbocycles. The van der Waals surface area contributed by atoms with Crippen molar-refractivity contribution in [3.63, 3.8) is 0 Å². The second-order valence-corrected chi connectivity index (χ2v) is 10.1. The smallest absolute Gasteiger partial charge is 0.446 e. The lowest BCUT2D eigenvalue weighted by atomic mass is 9.46. The van der Waals surface area contributed by atoms with E-state index < -0.39 is 34.7 Å². The van der Waals surface area contributed by atoms with E-state index in [-0.39, 0.29) is 49.1 Å². The summed E-state index contributed by atoms with van der Waals surface area (Å²) in [5.41, 5.74) is -1.76. The first-order valence-electron chi connectivity index (χ1n) is 11.3. The third kappa shape index (κ3) is 3.23. The lowest BCUT2D eigenvalue weighted by molar-refractivity contribution is -0.199. The molecule has 0 spiro atoms. The van der Waals surface area contributed by atoms with Gasteiger partial charge in [0.2, 0.25) is 5.60 Å². The third-order valence-corrected chi connectivity index (χ3v) is 8.76. The number of aliphatic hydroxyl groups excluding tert-OH is 1. The number of rotatable bonds is 4. The highest BCUT2D eigenvalue weighted by Gasteiger charge is 2.71. The molecule has 7 atom stereocenters. The zero-order valence-corrected chi connectivity index (χ0v) is 19.5. The highest BCUT2D eigenvalue weighted by Crippen LogP contribution is 2.68. The van der Waals surface area contributed by atoms with Crippen LogP contribution < -0.4 is 0 Å². The number of ether oxygens (including phenoxy) is 3. The summed E-state index contributed by atoms with van der Waals surface area (Å²) in [5.74, 6) is -0.676. The van der Waals surface area contributed by atoms with Crippen LogP contribution in [-0.4, -0.2) is 47.4 Å². The summed E-state index contributed by atoms with van der Waals surface area (Å²) in [6.07, 6.45) is 6.31. The monoisotopic (exact) mass is 466 g/mol. The Kier molecular flexibility index (Phi) is 5.95. The van der Waals surface area contributed by atoms with Crippen molar-refractivity contribution in [1.29, 1.82) is 0 Å². The zero-order chi connectivity index (χ0) is 23.3. The zero-order valence-electron chi connectivity index (χ0n) is 18.8. The van der Waals surface area contributed by atoms with Crippen LogP contribution in [0, 0.1) is 28.6 Å². The number of carbonyl (C=O) groups is 3. The van der Waals surface area contributed by atoms with E-state index in [2.05, 4.69) is 6.92 Å². The molecule has 0 heterocycles. The van der Waals surface area contributed by atoms with E-state index in [0.29, 0.717) is 6.42 Å². The van der Waals surface area contributed by atoms with Gasteiger partial charge in [0.25, 0.3) is 0 Å². The summed E-state index contributed by atoms with van der Waals surface area (Å²) in [7, 11) is 0. The molecule has 0 bridgehead atoms. The first-order valence-corrected chi connectivity index (χ1v) is 11.9. The van der Waals surface area contributed by atoms with Crippen molar-refractivity contribution in [2.75, 3.05) is 12.7 Å². The molecule has 3 unspecified atom stereocenters. The van der Waals surface area contributed by atoms with Gasteiger partial charge in [-0.05, 0) is 63.0 Å². The van der Waals surface area contributed by atoms with Crippen LogP contribution in [0.15, 0.2) is 23.8 Å². The van der Waals surface area contributed by atoms with E-state index in [1.807, 2.05) is 13.0 Å². The fourth-order valence-corrected chi connectivity index (χ4v) is 7.41. The Labute approximate surface area is 193 Å². The van der Waals surface area contributed by atoms with Crippen LogP contribution in [0.25, 0.3) is 0 Å². The Hall–Kier alpha value is -1.86. The van der Waals surface area contributed by atoms with Gasteiger partial charge in [0.05, 0.1) is 12.7 Å². The van der Waals surface area contributed by atoms with Crippen LogP contribution in [0.2, 0.25) is 0 Å². The molecule has 0 saturated heterocycles. The van der Waals surface area contributed by atoms with Gasteiger partial charge in [-0.25, -0.2) is 9.59 Å². The largest absolute Gasteiger partial charge is 0.509 e. The number of alkyl halides is 1. The molecule has 7 nitrogen and oxygen atoms in total. The fraction of sp³-hybridized carbons (Fsp3) is 0.708. The van der Waals surface area contributed by atoms with Crippen molar-refractivity contribution in [3.05, 3.63) is 23.8 Å². The van der Waals surface area contributed by atoms with Gasteiger partial charge in [-0.2, -0.15) is 0 Å².